The predicted molar refractivity (Wildman–Crippen MR) is 97.1 cm³/mol. The van der Waals surface area contributed by atoms with Crippen LogP contribution in [0.25, 0.3) is 0 Å². The highest BCUT2D eigenvalue weighted by molar-refractivity contribution is 6.12. The summed E-state index contributed by atoms with van der Waals surface area (Å²) in [6, 6.07) is 8.37. The Kier molecular flexibility index (Phi) is 4.35. The summed E-state index contributed by atoms with van der Waals surface area (Å²) in [7, 11) is 0. The van der Waals surface area contributed by atoms with E-state index in [4.69, 9.17) is 0 Å². The van der Waals surface area contributed by atoms with Crippen molar-refractivity contribution in [3.63, 3.8) is 0 Å². The molecule has 0 aliphatic carbocycles. The number of amides is 3. The molecule has 1 fully saturated rings. The highest BCUT2D eigenvalue weighted by Gasteiger charge is 2.30. The lowest BCUT2D eigenvalue weighted by Crippen LogP contribution is -2.28. The molecule has 2 N–H and O–H groups in total. The monoisotopic (exact) mass is 367 g/mol. The van der Waals surface area contributed by atoms with Crippen molar-refractivity contribution in [2.75, 3.05) is 18.4 Å². The minimum absolute atomic E-state index is 0.0864. The molecule has 1 saturated heterocycles. The third kappa shape index (κ3) is 3.16. The molecule has 2 aliphatic rings. The Morgan fingerprint density at radius 1 is 1.04 bits per heavy atom. The molecule has 0 aromatic heterocycles. The van der Waals surface area contributed by atoms with E-state index in [1.54, 1.807) is 17.0 Å². The Bertz CT molecular complexity index is 934. The van der Waals surface area contributed by atoms with Crippen molar-refractivity contribution in [3.05, 3.63) is 64.5 Å². The van der Waals surface area contributed by atoms with E-state index in [9.17, 15) is 18.8 Å². The highest BCUT2D eigenvalue weighted by Crippen LogP contribution is 2.29. The quantitative estimate of drug-likeness (QED) is 0.875. The van der Waals surface area contributed by atoms with E-state index >= 15 is 0 Å². The first-order valence-corrected chi connectivity index (χ1v) is 8.85. The second-order valence-corrected chi connectivity index (χ2v) is 6.66. The topological polar surface area (TPSA) is 78.5 Å². The third-order valence-electron chi connectivity index (χ3n) is 4.94. The summed E-state index contributed by atoms with van der Waals surface area (Å²) >= 11 is 0. The normalized spacial score (nSPS) is 15.4. The molecule has 6 nitrogen and oxygen atoms in total. The van der Waals surface area contributed by atoms with Crippen LogP contribution in [0, 0.1) is 5.82 Å². The van der Waals surface area contributed by atoms with Crippen molar-refractivity contribution in [1.82, 2.24) is 10.2 Å². The summed E-state index contributed by atoms with van der Waals surface area (Å²) in [4.78, 5) is 39.3. The number of fused-ring (bicyclic) bond motifs is 1. The first-order valence-electron chi connectivity index (χ1n) is 8.85. The average molecular weight is 367 g/mol. The second-order valence-electron chi connectivity index (χ2n) is 6.66. The second kappa shape index (κ2) is 6.83. The molecule has 0 bridgehead atoms. The smallest absolute Gasteiger partial charge is 0.255 e. The largest absolute Gasteiger partial charge is 0.348 e. The van der Waals surface area contributed by atoms with Gasteiger partial charge in [-0.1, -0.05) is 0 Å². The minimum atomic E-state index is -0.449. The number of hydrogen-bond acceptors (Lipinski definition) is 3. The predicted octanol–water partition coefficient (Wildman–Crippen LogP) is 2.56. The Morgan fingerprint density at radius 2 is 1.74 bits per heavy atom. The lowest BCUT2D eigenvalue weighted by atomic mass is 10.00. The van der Waals surface area contributed by atoms with Gasteiger partial charge in [0.2, 0.25) is 0 Å². The van der Waals surface area contributed by atoms with E-state index in [0.717, 1.165) is 25.9 Å². The van der Waals surface area contributed by atoms with Crippen LogP contribution >= 0.6 is 0 Å². The molecule has 0 saturated carbocycles. The first kappa shape index (κ1) is 17.2. The van der Waals surface area contributed by atoms with Crippen LogP contribution in [0.5, 0.6) is 0 Å². The third-order valence-corrected chi connectivity index (χ3v) is 4.94. The molecule has 2 heterocycles. The van der Waals surface area contributed by atoms with E-state index in [0.29, 0.717) is 22.4 Å². The fourth-order valence-electron chi connectivity index (χ4n) is 3.54. The van der Waals surface area contributed by atoms with Crippen molar-refractivity contribution in [1.29, 1.82) is 0 Å². The maximum atomic E-state index is 13.0. The molecule has 138 valence electrons. The molecule has 0 unspecified atom stereocenters. The van der Waals surface area contributed by atoms with Crippen LogP contribution in [-0.4, -0.2) is 35.7 Å². The van der Waals surface area contributed by atoms with Crippen molar-refractivity contribution in [2.45, 2.75) is 19.4 Å². The van der Waals surface area contributed by atoms with Gasteiger partial charge in [-0.05, 0) is 54.8 Å². The van der Waals surface area contributed by atoms with Gasteiger partial charge < -0.3 is 15.5 Å². The molecule has 2 aromatic rings. The van der Waals surface area contributed by atoms with E-state index in [2.05, 4.69) is 10.6 Å². The molecular formula is C20H18FN3O3. The van der Waals surface area contributed by atoms with E-state index in [1.165, 1.54) is 24.3 Å². The summed E-state index contributed by atoms with van der Waals surface area (Å²) in [5, 5.41) is 5.42. The SMILES string of the molecule is O=C(Nc1ccc(C(=O)N2CCCC2)c2c1C(=O)NC2)c1ccc(F)cc1. The number of carbonyl (C=O) groups excluding carboxylic acids is 3. The van der Waals surface area contributed by atoms with Gasteiger partial charge >= 0.3 is 0 Å². The van der Waals surface area contributed by atoms with Gasteiger partial charge in [0, 0.05) is 30.8 Å². The number of hydrogen-bond donors (Lipinski definition) is 2. The van der Waals surface area contributed by atoms with Crippen LogP contribution in [0.1, 0.15) is 49.5 Å². The summed E-state index contributed by atoms with van der Waals surface area (Å²) < 4.78 is 13.0. The number of carbonyl (C=O) groups is 3. The zero-order chi connectivity index (χ0) is 19.0. The minimum Gasteiger partial charge on any atom is -0.348 e. The fraction of sp³-hybridized carbons (Fsp3) is 0.250. The number of likely N-dealkylation sites (tertiary alicyclic amines) is 1. The van der Waals surface area contributed by atoms with Crippen molar-refractivity contribution < 1.29 is 18.8 Å². The van der Waals surface area contributed by atoms with Crippen molar-refractivity contribution in [3.8, 4) is 0 Å². The zero-order valence-electron chi connectivity index (χ0n) is 14.5. The van der Waals surface area contributed by atoms with Crippen LogP contribution in [0.15, 0.2) is 36.4 Å². The van der Waals surface area contributed by atoms with Gasteiger partial charge in [0.1, 0.15) is 5.82 Å². The van der Waals surface area contributed by atoms with Crippen LogP contribution in [-0.2, 0) is 6.54 Å². The molecule has 4 rings (SSSR count). The summed E-state index contributed by atoms with van der Waals surface area (Å²) in [6.07, 6.45) is 1.97. The van der Waals surface area contributed by atoms with Crippen molar-refractivity contribution >= 4 is 23.4 Å². The molecular weight excluding hydrogens is 349 g/mol. The Balaban J connectivity index is 1.65. The van der Waals surface area contributed by atoms with Crippen LogP contribution in [0.3, 0.4) is 0 Å². The maximum Gasteiger partial charge on any atom is 0.255 e. The summed E-state index contributed by atoms with van der Waals surface area (Å²) in [6.45, 7) is 1.69. The summed E-state index contributed by atoms with van der Waals surface area (Å²) in [5.41, 5.74) is 2.03. The highest BCUT2D eigenvalue weighted by atomic mass is 19.1. The van der Waals surface area contributed by atoms with Gasteiger partial charge in [0.05, 0.1) is 11.3 Å². The van der Waals surface area contributed by atoms with E-state index in [-0.39, 0.29) is 23.9 Å². The number of halogens is 1. The molecule has 0 spiro atoms. The Hall–Kier alpha value is -3.22. The van der Waals surface area contributed by atoms with Crippen molar-refractivity contribution in [2.24, 2.45) is 0 Å². The van der Waals surface area contributed by atoms with Crippen LogP contribution < -0.4 is 10.6 Å². The Morgan fingerprint density at radius 3 is 2.44 bits per heavy atom. The summed E-state index contributed by atoms with van der Waals surface area (Å²) in [5.74, 6) is -1.29. The van der Waals surface area contributed by atoms with Crippen LogP contribution in [0.2, 0.25) is 0 Å². The van der Waals surface area contributed by atoms with Gasteiger partial charge in [-0.15, -0.1) is 0 Å². The van der Waals surface area contributed by atoms with Gasteiger partial charge in [-0.2, -0.15) is 0 Å². The average Bonchev–Trinajstić information content (AvgIpc) is 3.33. The number of anilines is 1. The zero-order valence-corrected chi connectivity index (χ0v) is 14.5. The van der Waals surface area contributed by atoms with E-state index in [1.807, 2.05) is 0 Å². The molecule has 7 heteroatoms. The number of rotatable bonds is 3. The van der Waals surface area contributed by atoms with Gasteiger partial charge in [-0.3, -0.25) is 14.4 Å². The number of nitrogens with zero attached hydrogens (tertiary/aromatic N) is 1. The van der Waals surface area contributed by atoms with Gasteiger partial charge in [0.15, 0.2) is 0 Å². The lowest BCUT2D eigenvalue weighted by Gasteiger charge is -2.18. The lowest BCUT2D eigenvalue weighted by molar-refractivity contribution is 0.0791. The van der Waals surface area contributed by atoms with E-state index < -0.39 is 11.7 Å². The maximum absolute atomic E-state index is 13.0. The first-order chi connectivity index (χ1) is 13.0. The molecule has 27 heavy (non-hydrogen) atoms. The number of benzene rings is 2. The molecule has 3 amide bonds. The van der Waals surface area contributed by atoms with Gasteiger partial charge in [-0.25, -0.2) is 4.39 Å². The molecule has 2 aromatic carbocycles. The fourth-order valence-corrected chi connectivity index (χ4v) is 3.54. The number of nitrogens with one attached hydrogen (secondary N) is 2. The molecule has 2 aliphatic heterocycles. The Labute approximate surface area is 155 Å². The molecule has 0 radical (unpaired) electrons. The van der Waals surface area contributed by atoms with Crippen LogP contribution in [0.4, 0.5) is 10.1 Å². The standard InChI is InChI=1S/C20H18FN3O3/c21-13-5-3-12(4-6-13)18(25)23-16-8-7-14(15-11-22-19(26)17(15)16)20(27)24-9-1-2-10-24/h3-8H,1-2,9-11H2,(H,22,26)(H,23,25). The van der Waals surface area contributed by atoms with Gasteiger partial charge in [0.25, 0.3) is 17.7 Å². The molecule has 0 atom stereocenters.